The molecule has 0 saturated carbocycles. The molecular formula is C44H27N5S. The monoisotopic (exact) mass is 657 g/mol. The van der Waals surface area contributed by atoms with E-state index in [9.17, 15) is 0 Å². The van der Waals surface area contributed by atoms with Crippen molar-refractivity contribution in [2.75, 3.05) is 0 Å². The zero-order chi connectivity index (χ0) is 33.0. The average Bonchev–Trinajstić information content (AvgIpc) is 3.74. The Bertz CT molecular complexity index is 2820. The van der Waals surface area contributed by atoms with E-state index in [2.05, 4.69) is 95.6 Å². The van der Waals surface area contributed by atoms with Gasteiger partial charge in [-0.2, -0.15) is 0 Å². The van der Waals surface area contributed by atoms with Gasteiger partial charge in [-0.15, -0.1) is 11.3 Å². The molecule has 50 heavy (non-hydrogen) atoms. The van der Waals surface area contributed by atoms with Crippen molar-refractivity contribution in [1.82, 2.24) is 24.5 Å². The molecule has 6 aromatic carbocycles. The predicted molar refractivity (Wildman–Crippen MR) is 207 cm³/mol. The van der Waals surface area contributed by atoms with Crippen LogP contribution in [0, 0.1) is 0 Å². The van der Waals surface area contributed by atoms with Crippen LogP contribution in [0.3, 0.4) is 0 Å². The van der Waals surface area contributed by atoms with Gasteiger partial charge in [0, 0.05) is 53.8 Å². The third-order valence-electron chi connectivity index (χ3n) is 9.32. The van der Waals surface area contributed by atoms with E-state index in [-0.39, 0.29) is 0 Å². The van der Waals surface area contributed by atoms with Crippen LogP contribution in [0.4, 0.5) is 0 Å². The van der Waals surface area contributed by atoms with Gasteiger partial charge in [-0.1, -0.05) is 121 Å². The zero-order valence-electron chi connectivity index (χ0n) is 26.7. The van der Waals surface area contributed by atoms with Crippen LogP contribution in [-0.4, -0.2) is 24.5 Å². The van der Waals surface area contributed by atoms with Gasteiger partial charge in [0.25, 0.3) is 0 Å². The highest BCUT2D eigenvalue weighted by Crippen LogP contribution is 2.42. The van der Waals surface area contributed by atoms with Crippen LogP contribution in [-0.2, 0) is 0 Å². The van der Waals surface area contributed by atoms with E-state index >= 15 is 0 Å². The summed E-state index contributed by atoms with van der Waals surface area (Å²) in [7, 11) is 0. The van der Waals surface area contributed by atoms with E-state index in [0.717, 1.165) is 33.5 Å². The van der Waals surface area contributed by atoms with Gasteiger partial charge in [0.05, 0.1) is 11.0 Å². The minimum atomic E-state index is 0.598. The third-order valence-corrected chi connectivity index (χ3v) is 10.5. The Hall–Kier alpha value is -6.50. The molecule has 0 fully saturated rings. The lowest BCUT2D eigenvalue weighted by atomic mass is 10.0. The van der Waals surface area contributed by atoms with Gasteiger partial charge in [0.15, 0.2) is 17.5 Å². The molecule has 0 amide bonds. The maximum Gasteiger partial charge on any atom is 0.164 e. The second-order valence-electron chi connectivity index (χ2n) is 12.3. The quantitative estimate of drug-likeness (QED) is 0.185. The molecule has 4 heterocycles. The maximum atomic E-state index is 4.97. The predicted octanol–water partition coefficient (Wildman–Crippen LogP) is 11.4. The summed E-state index contributed by atoms with van der Waals surface area (Å²) in [5.41, 5.74) is 7.38. The summed E-state index contributed by atoms with van der Waals surface area (Å²) in [6, 6.07) is 54.9. The third kappa shape index (κ3) is 4.69. The van der Waals surface area contributed by atoms with E-state index in [1.54, 1.807) is 0 Å². The average molecular weight is 658 g/mol. The molecule has 0 atom stereocenters. The Morgan fingerprint density at radius 1 is 0.420 bits per heavy atom. The van der Waals surface area contributed by atoms with Crippen LogP contribution >= 0.6 is 11.3 Å². The van der Waals surface area contributed by atoms with Gasteiger partial charge in [-0.3, -0.25) is 4.57 Å². The van der Waals surface area contributed by atoms with Crippen LogP contribution < -0.4 is 0 Å². The van der Waals surface area contributed by atoms with Gasteiger partial charge < -0.3 is 0 Å². The van der Waals surface area contributed by atoms with E-state index in [0.29, 0.717) is 17.5 Å². The van der Waals surface area contributed by atoms with Crippen molar-refractivity contribution in [3.8, 4) is 51.1 Å². The summed E-state index contributed by atoms with van der Waals surface area (Å²) >= 11 is 1.86. The van der Waals surface area contributed by atoms with Crippen molar-refractivity contribution >= 4 is 53.3 Å². The topological polar surface area (TPSA) is 56.5 Å². The fourth-order valence-electron chi connectivity index (χ4n) is 6.98. The molecule has 0 N–H and O–H groups in total. The number of hydrogen-bond donors (Lipinski definition) is 0. The number of hydrogen-bond acceptors (Lipinski definition) is 5. The second kappa shape index (κ2) is 11.6. The Labute approximate surface area is 291 Å². The lowest BCUT2D eigenvalue weighted by Gasteiger charge is -2.11. The molecule has 10 rings (SSSR count). The molecule has 5 nitrogen and oxygen atoms in total. The second-order valence-corrected chi connectivity index (χ2v) is 13.4. The van der Waals surface area contributed by atoms with Crippen molar-refractivity contribution in [2.45, 2.75) is 0 Å². The highest BCUT2D eigenvalue weighted by Gasteiger charge is 2.18. The van der Waals surface area contributed by atoms with Crippen LogP contribution in [0.15, 0.2) is 164 Å². The van der Waals surface area contributed by atoms with Gasteiger partial charge in [0.1, 0.15) is 5.82 Å². The van der Waals surface area contributed by atoms with Crippen LogP contribution in [0.1, 0.15) is 0 Å². The number of nitrogens with zero attached hydrogens (tertiary/aromatic N) is 5. The molecule has 0 aliphatic carbocycles. The van der Waals surface area contributed by atoms with Gasteiger partial charge in [-0.05, 0) is 47.5 Å². The number of benzene rings is 6. The fraction of sp³-hybridized carbons (Fsp3) is 0. The first-order valence-corrected chi connectivity index (χ1v) is 17.4. The molecule has 0 bridgehead atoms. The van der Waals surface area contributed by atoms with E-state index < -0.39 is 0 Å². The first kappa shape index (κ1) is 28.5. The molecule has 0 aliphatic heterocycles. The summed E-state index contributed by atoms with van der Waals surface area (Å²) in [5, 5.41) is 4.97. The largest absolute Gasteiger partial charge is 0.294 e. The fourth-order valence-corrected chi connectivity index (χ4v) is 8.22. The number of para-hydroxylation sites is 1. The zero-order valence-corrected chi connectivity index (χ0v) is 27.5. The summed E-state index contributed by atoms with van der Waals surface area (Å²) < 4.78 is 4.87. The number of pyridine rings is 1. The van der Waals surface area contributed by atoms with E-state index in [1.807, 2.05) is 84.3 Å². The standard InChI is InChI=1S/C44H27N5S/c1-3-12-28(13-4-1)42-46-43(29-14-5-2-6-15-29)48-44(47-42)31-24-25-45-40(27-31)49-37-20-9-7-16-33(37)36-26-30(22-23-38(36)49)32-18-11-19-35-34-17-8-10-21-39(34)50-41(32)35/h1-27H. The lowest BCUT2D eigenvalue weighted by molar-refractivity contribution is 1.05. The molecule has 0 unspecified atom stereocenters. The number of fused-ring (bicyclic) bond motifs is 6. The minimum absolute atomic E-state index is 0.598. The molecular weight excluding hydrogens is 631 g/mol. The van der Waals surface area contributed by atoms with Crippen molar-refractivity contribution in [2.24, 2.45) is 0 Å². The minimum Gasteiger partial charge on any atom is -0.294 e. The summed E-state index contributed by atoms with van der Waals surface area (Å²) in [6.07, 6.45) is 1.84. The SMILES string of the molecule is c1ccc(-c2nc(-c3ccccc3)nc(-c3ccnc(-n4c5ccccc5c5cc(-c6cccc7c6sc6ccccc67)ccc54)c3)n2)cc1. The summed E-state index contributed by atoms with van der Waals surface area (Å²) in [4.78, 5) is 19.7. The van der Waals surface area contributed by atoms with Crippen LogP contribution in [0.2, 0.25) is 0 Å². The molecule has 6 heteroatoms. The number of rotatable bonds is 5. The maximum absolute atomic E-state index is 4.97. The lowest BCUT2D eigenvalue weighted by Crippen LogP contribution is -2.02. The summed E-state index contributed by atoms with van der Waals surface area (Å²) in [6.45, 7) is 0. The Morgan fingerprint density at radius 3 is 1.80 bits per heavy atom. The van der Waals surface area contributed by atoms with Crippen LogP contribution in [0.5, 0.6) is 0 Å². The molecule has 0 saturated heterocycles. The van der Waals surface area contributed by atoms with Crippen molar-refractivity contribution in [3.63, 3.8) is 0 Å². The normalized spacial score (nSPS) is 11.6. The molecule has 0 aliphatic rings. The highest BCUT2D eigenvalue weighted by atomic mass is 32.1. The first-order chi connectivity index (χ1) is 24.8. The van der Waals surface area contributed by atoms with Crippen molar-refractivity contribution < 1.29 is 0 Å². The van der Waals surface area contributed by atoms with Gasteiger partial charge in [-0.25, -0.2) is 19.9 Å². The number of aromatic nitrogens is 5. The van der Waals surface area contributed by atoms with Crippen LogP contribution in [0.25, 0.3) is 93.1 Å². The smallest absolute Gasteiger partial charge is 0.164 e. The van der Waals surface area contributed by atoms with Gasteiger partial charge in [0.2, 0.25) is 0 Å². The molecule has 0 radical (unpaired) electrons. The molecule has 10 aromatic rings. The first-order valence-electron chi connectivity index (χ1n) is 16.6. The van der Waals surface area contributed by atoms with E-state index in [1.165, 1.54) is 42.1 Å². The Kier molecular flexibility index (Phi) is 6.60. The van der Waals surface area contributed by atoms with Crippen molar-refractivity contribution in [1.29, 1.82) is 0 Å². The molecule has 4 aromatic heterocycles. The Morgan fingerprint density at radius 2 is 1.04 bits per heavy atom. The summed E-state index contributed by atoms with van der Waals surface area (Å²) in [5.74, 6) is 2.66. The number of thiophene rings is 1. The molecule has 234 valence electrons. The van der Waals surface area contributed by atoms with Crippen molar-refractivity contribution in [3.05, 3.63) is 164 Å². The molecule has 0 spiro atoms. The highest BCUT2D eigenvalue weighted by molar-refractivity contribution is 7.26. The van der Waals surface area contributed by atoms with Gasteiger partial charge >= 0.3 is 0 Å². The van der Waals surface area contributed by atoms with E-state index in [4.69, 9.17) is 19.9 Å². The Balaban J connectivity index is 1.14.